The molecule has 2 aromatic rings. The number of hydrogen-bond donors (Lipinski definition) is 3. The standard InChI is InChI=1S/C16H19ClF2N4O2S2.C2H2.CH5N/c17-11-8-14(27(24,25)22-16-21-10-15(19)26-16)12(18)9-13(11)20-4-1-2-5-23-6-3-7-23;2*1-2/h8-10,20H,1-7H2,(H,21,22);1-2H;2H2,1H3. The molecule has 31 heavy (non-hydrogen) atoms. The van der Waals surface area contributed by atoms with Crippen LogP contribution in [0.15, 0.2) is 23.2 Å². The normalized spacial score (nSPS) is 13.1. The summed E-state index contributed by atoms with van der Waals surface area (Å²) < 4.78 is 54.0. The lowest BCUT2D eigenvalue weighted by Crippen LogP contribution is -2.37. The predicted octanol–water partition coefficient (Wildman–Crippen LogP) is 3.60. The molecule has 0 saturated carbocycles. The minimum Gasteiger partial charge on any atom is -0.384 e. The SMILES string of the molecule is C#C.CN.O=S(=O)(Nc1ncc(F)s1)c1cc(Cl)c(NCCCCN2CCC2)cc1F. The second-order valence-corrected chi connectivity index (χ2v) is 9.21. The van der Waals surface area contributed by atoms with Gasteiger partial charge < -0.3 is 16.0 Å². The maximum Gasteiger partial charge on any atom is 0.266 e. The van der Waals surface area contributed by atoms with Gasteiger partial charge in [-0.25, -0.2) is 17.8 Å². The molecule has 4 N–H and O–H groups in total. The van der Waals surface area contributed by atoms with Gasteiger partial charge >= 0.3 is 0 Å². The molecular weight excluding hydrogens is 468 g/mol. The van der Waals surface area contributed by atoms with E-state index in [0.717, 1.165) is 50.8 Å². The molecule has 12 heteroatoms. The van der Waals surface area contributed by atoms with Gasteiger partial charge in [-0.05, 0) is 58.1 Å². The number of unbranched alkanes of at least 4 members (excludes halogenated alkanes) is 1. The van der Waals surface area contributed by atoms with Crippen molar-refractivity contribution in [2.45, 2.75) is 24.2 Å². The molecule has 1 aliphatic rings. The molecule has 0 amide bonds. The summed E-state index contributed by atoms with van der Waals surface area (Å²) in [5.74, 6) is -0.952. The molecular formula is C19H26ClF2N5O2S2. The van der Waals surface area contributed by atoms with E-state index in [1.165, 1.54) is 13.5 Å². The first-order chi connectivity index (χ1) is 14.8. The van der Waals surface area contributed by atoms with Crippen LogP contribution in [-0.4, -0.2) is 51.5 Å². The Morgan fingerprint density at radius 1 is 1.26 bits per heavy atom. The molecule has 1 saturated heterocycles. The average molecular weight is 494 g/mol. The quantitative estimate of drug-likeness (QED) is 0.364. The van der Waals surface area contributed by atoms with Gasteiger partial charge in [0.05, 0.1) is 16.9 Å². The van der Waals surface area contributed by atoms with Gasteiger partial charge in [0.1, 0.15) is 10.7 Å². The van der Waals surface area contributed by atoms with Crippen LogP contribution in [0.25, 0.3) is 0 Å². The fourth-order valence-corrected chi connectivity index (χ4v) is 4.80. The van der Waals surface area contributed by atoms with Crippen molar-refractivity contribution >= 4 is 43.8 Å². The van der Waals surface area contributed by atoms with Crippen molar-refractivity contribution in [1.29, 1.82) is 0 Å². The molecule has 2 heterocycles. The zero-order chi connectivity index (χ0) is 23.4. The zero-order valence-electron chi connectivity index (χ0n) is 17.1. The van der Waals surface area contributed by atoms with Crippen LogP contribution >= 0.6 is 22.9 Å². The third kappa shape index (κ3) is 8.23. The summed E-state index contributed by atoms with van der Waals surface area (Å²) in [5.41, 5.74) is 4.83. The molecule has 0 unspecified atom stereocenters. The Kier molecular flexibility index (Phi) is 11.7. The molecule has 1 aliphatic heterocycles. The van der Waals surface area contributed by atoms with E-state index >= 15 is 0 Å². The lowest BCUT2D eigenvalue weighted by molar-refractivity contribution is 0.179. The van der Waals surface area contributed by atoms with Gasteiger partial charge in [-0.3, -0.25) is 4.72 Å². The van der Waals surface area contributed by atoms with Crippen LogP contribution < -0.4 is 15.8 Å². The number of hydrogen-bond acceptors (Lipinski definition) is 7. The highest BCUT2D eigenvalue weighted by Crippen LogP contribution is 2.30. The molecule has 1 aromatic heterocycles. The summed E-state index contributed by atoms with van der Waals surface area (Å²) in [6.07, 6.45) is 12.1. The highest BCUT2D eigenvalue weighted by molar-refractivity contribution is 7.93. The van der Waals surface area contributed by atoms with Gasteiger partial charge in [-0.1, -0.05) is 22.9 Å². The molecule has 172 valence electrons. The van der Waals surface area contributed by atoms with Crippen LogP contribution in [0.4, 0.5) is 19.6 Å². The van der Waals surface area contributed by atoms with Gasteiger partial charge in [-0.15, -0.1) is 12.8 Å². The second kappa shape index (κ2) is 13.4. The van der Waals surface area contributed by atoms with Crippen LogP contribution in [0, 0.1) is 23.8 Å². The van der Waals surface area contributed by atoms with Gasteiger partial charge in [-0.2, -0.15) is 4.39 Å². The Labute approximate surface area is 191 Å². The Balaban J connectivity index is 0.00000113. The summed E-state index contributed by atoms with van der Waals surface area (Å²) in [7, 11) is -2.77. The smallest absolute Gasteiger partial charge is 0.266 e. The predicted molar refractivity (Wildman–Crippen MR) is 123 cm³/mol. The number of nitrogens with two attached hydrogens (primary N) is 1. The molecule has 1 aromatic carbocycles. The van der Waals surface area contributed by atoms with Crippen LogP contribution in [0.5, 0.6) is 0 Å². The third-order valence-corrected chi connectivity index (χ3v) is 6.67. The molecule has 0 atom stereocenters. The fourth-order valence-electron chi connectivity index (χ4n) is 2.63. The monoisotopic (exact) mass is 493 g/mol. The molecule has 0 aliphatic carbocycles. The van der Waals surface area contributed by atoms with Crippen LogP contribution in [-0.2, 0) is 10.0 Å². The number of sulfonamides is 1. The second-order valence-electron chi connectivity index (χ2n) is 6.17. The number of halogens is 3. The average Bonchev–Trinajstić information content (AvgIpc) is 3.12. The summed E-state index contributed by atoms with van der Waals surface area (Å²) in [5, 5.41) is 2.28. The van der Waals surface area contributed by atoms with Crippen LogP contribution in [0.3, 0.4) is 0 Å². The van der Waals surface area contributed by atoms with E-state index in [4.69, 9.17) is 11.6 Å². The summed E-state index contributed by atoms with van der Waals surface area (Å²) in [6.45, 7) is 3.96. The zero-order valence-corrected chi connectivity index (χ0v) is 19.5. The van der Waals surface area contributed by atoms with Crippen molar-refractivity contribution in [2.24, 2.45) is 5.73 Å². The highest BCUT2D eigenvalue weighted by atomic mass is 35.5. The van der Waals surface area contributed by atoms with Crippen molar-refractivity contribution < 1.29 is 17.2 Å². The molecule has 0 radical (unpaired) electrons. The number of likely N-dealkylation sites (tertiary alicyclic amines) is 1. The maximum absolute atomic E-state index is 14.4. The Bertz CT molecular complexity index is 950. The first kappa shape index (κ1) is 27.1. The molecule has 3 rings (SSSR count). The molecule has 0 spiro atoms. The maximum atomic E-state index is 14.4. The van der Waals surface area contributed by atoms with E-state index in [9.17, 15) is 17.2 Å². The van der Waals surface area contributed by atoms with E-state index < -0.39 is 25.9 Å². The fraction of sp³-hybridized carbons (Fsp3) is 0.421. The van der Waals surface area contributed by atoms with Crippen LogP contribution in [0.2, 0.25) is 5.02 Å². The van der Waals surface area contributed by atoms with Gasteiger partial charge in [0.2, 0.25) is 0 Å². The van der Waals surface area contributed by atoms with Crippen molar-refractivity contribution in [3.63, 3.8) is 0 Å². The number of thiazole rings is 1. The van der Waals surface area contributed by atoms with Crippen molar-refractivity contribution in [2.75, 3.05) is 43.3 Å². The number of terminal acetylenes is 1. The number of benzene rings is 1. The van der Waals surface area contributed by atoms with Gasteiger partial charge in [0.25, 0.3) is 10.0 Å². The molecule has 1 fully saturated rings. The van der Waals surface area contributed by atoms with Crippen LogP contribution in [0.1, 0.15) is 19.3 Å². The molecule has 0 bridgehead atoms. The summed E-state index contributed by atoms with van der Waals surface area (Å²) in [6, 6.07) is 2.08. The summed E-state index contributed by atoms with van der Waals surface area (Å²) in [4.78, 5) is 5.31. The van der Waals surface area contributed by atoms with E-state index in [2.05, 4.69) is 33.8 Å². The van der Waals surface area contributed by atoms with E-state index in [1.54, 1.807) is 0 Å². The van der Waals surface area contributed by atoms with Crippen molar-refractivity contribution in [3.05, 3.63) is 34.3 Å². The third-order valence-electron chi connectivity index (χ3n) is 4.18. The Morgan fingerprint density at radius 2 is 1.94 bits per heavy atom. The van der Waals surface area contributed by atoms with Crippen molar-refractivity contribution in [3.8, 4) is 12.8 Å². The minimum atomic E-state index is -4.27. The highest BCUT2D eigenvalue weighted by Gasteiger charge is 2.23. The van der Waals surface area contributed by atoms with Gasteiger partial charge in [0, 0.05) is 6.54 Å². The summed E-state index contributed by atoms with van der Waals surface area (Å²) >= 11 is 6.61. The largest absolute Gasteiger partial charge is 0.384 e. The van der Waals surface area contributed by atoms with E-state index in [0.29, 0.717) is 23.6 Å². The number of nitrogens with one attached hydrogen (secondary N) is 2. The lowest BCUT2D eigenvalue weighted by atomic mass is 10.2. The number of anilines is 2. The minimum absolute atomic E-state index is 0.0878. The first-order valence-electron chi connectivity index (χ1n) is 9.35. The lowest BCUT2D eigenvalue weighted by Gasteiger charge is -2.30. The Morgan fingerprint density at radius 3 is 2.48 bits per heavy atom. The van der Waals surface area contributed by atoms with Gasteiger partial charge in [0.15, 0.2) is 10.3 Å². The van der Waals surface area contributed by atoms with E-state index in [1.807, 2.05) is 4.72 Å². The van der Waals surface area contributed by atoms with Crippen molar-refractivity contribution in [1.82, 2.24) is 9.88 Å². The molecule has 7 nitrogen and oxygen atoms in total. The Hall–Kier alpha value is -1.97. The number of nitrogens with zero attached hydrogens (tertiary/aromatic N) is 2. The topological polar surface area (TPSA) is 100 Å². The number of aromatic nitrogens is 1. The number of rotatable bonds is 9. The first-order valence-corrected chi connectivity index (χ1v) is 12.0. The van der Waals surface area contributed by atoms with E-state index in [-0.39, 0.29) is 10.2 Å².